The topological polar surface area (TPSA) is 41.5 Å². The molecule has 0 radical (unpaired) electrons. The number of methoxy groups -OCH3 is 1. The number of aliphatic hydroxyl groups excluding tert-OH is 1. The molecule has 0 aliphatic heterocycles. The standard InChI is InChI=1S/C12H18FNO2/c1-9(14-7-4-8-15)12-10(13)5-3-6-11(12)16-2/h3,5-6,9,14-15H,4,7-8H2,1-2H3. The second-order valence-electron chi connectivity index (χ2n) is 3.61. The Morgan fingerprint density at radius 1 is 1.50 bits per heavy atom. The van der Waals surface area contributed by atoms with Crippen LogP contribution in [0.3, 0.4) is 0 Å². The molecule has 0 heterocycles. The second kappa shape index (κ2) is 6.45. The SMILES string of the molecule is COc1cccc(F)c1C(C)NCCCO. The van der Waals surface area contributed by atoms with E-state index in [-0.39, 0.29) is 18.5 Å². The van der Waals surface area contributed by atoms with Crippen LogP contribution in [-0.2, 0) is 0 Å². The van der Waals surface area contributed by atoms with Crippen molar-refractivity contribution < 1.29 is 14.2 Å². The van der Waals surface area contributed by atoms with E-state index in [4.69, 9.17) is 9.84 Å². The fraction of sp³-hybridized carbons (Fsp3) is 0.500. The normalized spacial score (nSPS) is 12.5. The zero-order chi connectivity index (χ0) is 12.0. The monoisotopic (exact) mass is 227 g/mol. The summed E-state index contributed by atoms with van der Waals surface area (Å²) in [6.45, 7) is 2.65. The van der Waals surface area contributed by atoms with E-state index in [0.29, 0.717) is 24.3 Å². The summed E-state index contributed by atoms with van der Waals surface area (Å²) in [6, 6.07) is 4.64. The Balaban J connectivity index is 2.76. The van der Waals surface area contributed by atoms with Crippen molar-refractivity contribution in [1.82, 2.24) is 5.32 Å². The van der Waals surface area contributed by atoms with E-state index in [2.05, 4.69) is 5.32 Å². The lowest BCUT2D eigenvalue weighted by Crippen LogP contribution is -2.22. The Morgan fingerprint density at radius 3 is 2.88 bits per heavy atom. The summed E-state index contributed by atoms with van der Waals surface area (Å²) in [5, 5.41) is 11.8. The van der Waals surface area contributed by atoms with E-state index in [9.17, 15) is 4.39 Å². The molecule has 0 saturated carbocycles. The summed E-state index contributed by atoms with van der Waals surface area (Å²) in [7, 11) is 1.53. The molecule has 0 fully saturated rings. The third kappa shape index (κ3) is 3.18. The maximum atomic E-state index is 13.6. The van der Waals surface area contributed by atoms with Gasteiger partial charge in [-0.1, -0.05) is 6.07 Å². The molecule has 4 heteroatoms. The van der Waals surface area contributed by atoms with Gasteiger partial charge in [0.05, 0.1) is 7.11 Å². The van der Waals surface area contributed by atoms with Crippen LogP contribution in [-0.4, -0.2) is 25.4 Å². The molecule has 16 heavy (non-hydrogen) atoms. The molecule has 0 aromatic heterocycles. The molecule has 1 aromatic rings. The first kappa shape index (κ1) is 12.9. The summed E-state index contributed by atoms with van der Waals surface area (Å²) < 4.78 is 18.8. The Bertz CT molecular complexity index is 331. The lowest BCUT2D eigenvalue weighted by atomic mass is 10.1. The summed E-state index contributed by atoms with van der Waals surface area (Å²) in [5.74, 6) is 0.271. The van der Waals surface area contributed by atoms with Crippen molar-refractivity contribution in [3.63, 3.8) is 0 Å². The molecule has 0 saturated heterocycles. The van der Waals surface area contributed by atoms with Crippen molar-refractivity contribution in [3.8, 4) is 5.75 Å². The molecule has 0 bridgehead atoms. The fourth-order valence-electron chi connectivity index (χ4n) is 1.62. The third-order valence-electron chi connectivity index (χ3n) is 2.45. The van der Waals surface area contributed by atoms with Gasteiger partial charge in [0.25, 0.3) is 0 Å². The van der Waals surface area contributed by atoms with Gasteiger partial charge < -0.3 is 15.2 Å². The molecule has 0 spiro atoms. The number of rotatable bonds is 6. The zero-order valence-corrected chi connectivity index (χ0v) is 9.66. The first-order chi connectivity index (χ1) is 7.70. The van der Waals surface area contributed by atoms with Crippen molar-refractivity contribution >= 4 is 0 Å². The Hall–Kier alpha value is -1.13. The van der Waals surface area contributed by atoms with Gasteiger partial charge in [-0.3, -0.25) is 0 Å². The highest BCUT2D eigenvalue weighted by atomic mass is 19.1. The molecule has 2 N–H and O–H groups in total. The first-order valence-corrected chi connectivity index (χ1v) is 5.37. The van der Waals surface area contributed by atoms with Crippen LogP contribution in [0.1, 0.15) is 24.9 Å². The highest BCUT2D eigenvalue weighted by molar-refractivity contribution is 5.36. The predicted molar refractivity (Wildman–Crippen MR) is 61.1 cm³/mol. The van der Waals surface area contributed by atoms with Gasteiger partial charge in [0.15, 0.2) is 0 Å². The number of aliphatic hydroxyl groups is 1. The highest BCUT2D eigenvalue weighted by Gasteiger charge is 2.15. The van der Waals surface area contributed by atoms with Gasteiger partial charge in [-0.2, -0.15) is 0 Å². The Morgan fingerprint density at radius 2 is 2.25 bits per heavy atom. The molecule has 90 valence electrons. The van der Waals surface area contributed by atoms with E-state index in [1.54, 1.807) is 12.1 Å². The van der Waals surface area contributed by atoms with Crippen molar-refractivity contribution in [1.29, 1.82) is 0 Å². The van der Waals surface area contributed by atoms with Crippen LogP contribution in [0.15, 0.2) is 18.2 Å². The maximum absolute atomic E-state index is 13.6. The lowest BCUT2D eigenvalue weighted by molar-refractivity contribution is 0.283. The molecule has 1 unspecified atom stereocenters. The van der Waals surface area contributed by atoms with Crippen LogP contribution in [0, 0.1) is 5.82 Å². The van der Waals surface area contributed by atoms with Crippen LogP contribution in [0.2, 0.25) is 0 Å². The molecule has 1 atom stereocenters. The molecular weight excluding hydrogens is 209 g/mol. The molecule has 0 aliphatic rings. The third-order valence-corrected chi connectivity index (χ3v) is 2.45. The highest BCUT2D eigenvalue weighted by Crippen LogP contribution is 2.27. The van der Waals surface area contributed by atoms with E-state index in [1.165, 1.54) is 13.2 Å². The molecule has 3 nitrogen and oxygen atoms in total. The van der Waals surface area contributed by atoms with Gasteiger partial charge >= 0.3 is 0 Å². The number of ether oxygens (including phenoxy) is 1. The van der Waals surface area contributed by atoms with Crippen LogP contribution < -0.4 is 10.1 Å². The summed E-state index contributed by atoms with van der Waals surface area (Å²) in [5.41, 5.74) is 0.530. The van der Waals surface area contributed by atoms with Crippen LogP contribution in [0.25, 0.3) is 0 Å². The van der Waals surface area contributed by atoms with E-state index >= 15 is 0 Å². The summed E-state index contributed by atoms with van der Waals surface area (Å²) >= 11 is 0. The zero-order valence-electron chi connectivity index (χ0n) is 9.66. The van der Waals surface area contributed by atoms with Crippen molar-refractivity contribution in [2.75, 3.05) is 20.3 Å². The summed E-state index contributed by atoms with van der Waals surface area (Å²) in [6.07, 6.45) is 0.654. The lowest BCUT2D eigenvalue weighted by Gasteiger charge is -2.17. The molecule has 0 amide bonds. The first-order valence-electron chi connectivity index (χ1n) is 5.37. The molecular formula is C12H18FNO2. The fourth-order valence-corrected chi connectivity index (χ4v) is 1.62. The smallest absolute Gasteiger partial charge is 0.131 e. The molecule has 1 rings (SSSR count). The number of halogens is 1. The second-order valence-corrected chi connectivity index (χ2v) is 3.61. The molecule has 0 aliphatic carbocycles. The van der Waals surface area contributed by atoms with Gasteiger partial charge in [0.2, 0.25) is 0 Å². The van der Waals surface area contributed by atoms with E-state index in [0.717, 1.165) is 0 Å². The minimum atomic E-state index is -0.275. The van der Waals surface area contributed by atoms with Crippen LogP contribution >= 0.6 is 0 Å². The number of hydrogen-bond acceptors (Lipinski definition) is 3. The van der Waals surface area contributed by atoms with Crippen molar-refractivity contribution in [2.45, 2.75) is 19.4 Å². The predicted octanol–water partition coefficient (Wildman–Crippen LogP) is 1.87. The van der Waals surface area contributed by atoms with Crippen LogP contribution in [0.4, 0.5) is 4.39 Å². The Labute approximate surface area is 95.2 Å². The minimum Gasteiger partial charge on any atom is -0.496 e. The van der Waals surface area contributed by atoms with E-state index < -0.39 is 0 Å². The number of nitrogens with one attached hydrogen (secondary N) is 1. The van der Waals surface area contributed by atoms with Gasteiger partial charge in [-0.15, -0.1) is 0 Å². The van der Waals surface area contributed by atoms with Crippen LogP contribution in [0.5, 0.6) is 5.75 Å². The average Bonchev–Trinajstić information content (AvgIpc) is 2.28. The summed E-state index contributed by atoms with van der Waals surface area (Å²) in [4.78, 5) is 0. The minimum absolute atomic E-state index is 0.133. The van der Waals surface area contributed by atoms with Crippen molar-refractivity contribution in [3.05, 3.63) is 29.6 Å². The molecule has 1 aromatic carbocycles. The van der Waals surface area contributed by atoms with Gasteiger partial charge in [0, 0.05) is 18.2 Å². The van der Waals surface area contributed by atoms with Gasteiger partial charge in [0.1, 0.15) is 11.6 Å². The van der Waals surface area contributed by atoms with Gasteiger partial charge in [-0.05, 0) is 32.0 Å². The van der Waals surface area contributed by atoms with Gasteiger partial charge in [-0.25, -0.2) is 4.39 Å². The number of benzene rings is 1. The van der Waals surface area contributed by atoms with E-state index in [1.807, 2.05) is 6.92 Å². The van der Waals surface area contributed by atoms with Crippen molar-refractivity contribution in [2.24, 2.45) is 0 Å². The number of hydrogen-bond donors (Lipinski definition) is 2. The quantitative estimate of drug-likeness (QED) is 0.729. The average molecular weight is 227 g/mol. The maximum Gasteiger partial charge on any atom is 0.131 e. The largest absolute Gasteiger partial charge is 0.496 e. The Kier molecular flexibility index (Phi) is 5.22.